The number of piperidine rings is 1. The van der Waals surface area contributed by atoms with Crippen LogP contribution in [0.4, 0.5) is 0 Å². The summed E-state index contributed by atoms with van der Waals surface area (Å²) in [5, 5.41) is 0.992. The van der Waals surface area contributed by atoms with Gasteiger partial charge in [-0.05, 0) is 30.9 Å². The Morgan fingerprint density at radius 1 is 1.38 bits per heavy atom. The Bertz CT molecular complexity index is 352. The highest BCUT2D eigenvalue weighted by Gasteiger charge is 2.23. The average molecular weight is 282 g/mol. The Balaban J connectivity index is 2.05. The third kappa shape index (κ3) is 2.64. The zero-order chi connectivity index (χ0) is 11.4. The van der Waals surface area contributed by atoms with Gasteiger partial charge in [0.2, 0.25) is 0 Å². The Hall–Kier alpha value is -0.830. The number of hydrogen-bond acceptors (Lipinski definition) is 1. The first-order valence-electron chi connectivity index (χ1n) is 5.71. The van der Waals surface area contributed by atoms with E-state index in [0.717, 1.165) is 30.4 Å². The van der Waals surface area contributed by atoms with Gasteiger partial charge in [0.25, 0.3) is 5.91 Å². The monoisotopic (exact) mass is 281 g/mol. The summed E-state index contributed by atoms with van der Waals surface area (Å²) in [6.07, 6.45) is 2.35. The van der Waals surface area contributed by atoms with Gasteiger partial charge in [-0.15, -0.1) is 0 Å². The van der Waals surface area contributed by atoms with Crippen molar-refractivity contribution >= 4 is 21.8 Å². The van der Waals surface area contributed by atoms with E-state index in [9.17, 15) is 4.79 Å². The molecule has 2 nitrogen and oxygen atoms in total. The number of rotatable bonds is 2. The molecule has 0 radical (unpaired) electrons. The highest BCUT2D eigenvalue weighted by molar-refractivity contribution is 9.09. The number of likely N-dealkylation sites (tertiary alicyclic amines) is 1. The zero-order valence-corrected chi connectivity index (χ0v) is 10.8. The van der Waals surface area contributed by atoms with Crippen LogP contribution in [0.3, 0.4) is 0 Å². The molecule has 0 saturated carbocycles. The molecule has 1 unspecified atom stereocenters. The minimum absolute atomic E-state index is 0.172. The van der Waals surface area contributed by atoms with Gasteiger partial charge in [-0.1, -0.05) is 34.1 Å². The minimum Gasteiger partial charge on any atom is -0.338 e. The molecular weight excluding hydrogens is 266 g/mol. The summed E-state index contributed by atoms with van der Waals surface area (Å²) in [7, 11) is 0. The van der Waals surface area contributed by atoms with Crippen molar-refractivity contribution in [1.29, 1.82) is 0 Å². The molecule has 0 aromatic heterocycles. The summed E-state index contributed by atoms with van der Waals surface area (Å²) >= 11 is 3.51. The molecule has 0 N–H and O–H groups in total. The van der Waals surface area contributed by atoms with Gasteiger partial charge >= 0.3 is 0 Å². The van der Waals surface area contributed by atoms with E-state index in [0.29, 0.717) is 5.92 Å². The second-order valence-corrected chi connectivity index (χ2v) is 4.93. The van der Waals surface area contributed by atoms with Gasteiger partial charge in [-0.3, -0.25) is 4.79 Å². The summed E-state index contributed by atoms with van der Waals surface area (Å²) in [6.45, 7) is 1.79. The van der Waals surface area contributed by atoms with Gasteiger partial charge < -0.3 is 4.90 Å². The van der Waals surface area contributed by atoms with Crippen molar-refractivity contribution in [3.05, 3.63) is 35.9 Å². The van der Waals surface area contributed by atoms with Crippen molar-refractivity contribution in [2.75, 3.05) is 18.4 Å². The Morgan fingerprint density at radius 3 is 2.81 bits per heavy atom. The lowest BCUT2D eigenvalue weighted by atomic mass is 9.99. The molecule has 3 heteroatoms. The predicted octanol–water partition coefficient (Wildman–Crippen LogP) is 2.93. The maximum Gasteiger partial charge on any atom is 0.253 e. The fraction of sp³-hybridized carbons (Fsp3) is 0.462. The number of halogens is 1. The number of amides is 1. The van der Waals surface area contributed by atoms with E-state index in [4.69, 9.17) is 0 Å². The van der Waals surface area contributed by atoms with Crippen LogP contribution in [0.15, 0.2) is 30.3 Å². The van der Waals surface area contributed by atoms with E-state index in [1.54, 1.807) is 0 Å². The molecule has 1 aromatic carbocycles. The largest absolute Gasteiger partial charge is 0.338 e. The smallest absolute Gasteiger partial charge is 0.253 e. The quantitative estimate of drug-likeness (QED) is 0.764. The van der Waals surface area contributed by atoms with Crippen LogP contribution in [0.1, 0.15) is 23.2 Å². The van der Waals surface area contributed by atoms with Crippen LogP contribution in [0.2, 0.25) is 0 Å². The Morgan fingerprint density at radius 2 is 2.12 bits per heavy atom. The SMILES string of the molecule is O=C(c1ccccc1)N1CCCC(CBr)C1. The Labute approximate surface area is 105 Å². The van der Waals surface area contributed by atoms with Crippen LogP contribution in [0.5, 0.6) is 0 Å². The first-order valence-corrected chi connectivity index (χ1v) is 6.83. The lowest BCUT2D eigenvalue weighted by Gasteiger charge is -2.32. The molecule has 0 bridgehead atoms. The van der Waals surface area contributed by atoms with Crippen LogP contribution >= 0.6 is 15.9 Å². The lowest BCUT2D eigenvalue weighted by Crippen LogP contribution is -2.40. The summed E-state index contributed by atoms with van der Waals surface area (Å²) in [4.78, 5) is 14.1. The molecule has 16 heavy (non-hydrogen) atoms. The van der Waals surface area contributed by atoms with E-state index in [2.05, 4.69) is 15.9 Å². The molecule has 1 aromatic rings. The molecule has 0 spiro atoms. The van der Waals surface area contributed by atoms with Gasteiger partial charge in [0.1, 0.15) is 0 Å². The summed E-state index contributed by atoms with van der Waals surface area (Å²) < 4.78 is 0. The van der Waals surface area contributed by atoms with Crippen molar-refractivity contribution in [1.82, 2.24) is 4.90 Å². The lowest BCUT2D eigenvalue weighted by molar-refractivity contribution is 0.0686. The number of hydrogen-bond donors (Lipinski definition) is 0. The van der Waals surface area contributed by atoms with E-state index in [1.165, 1.54) is 6.42 Å². The highest BCUT2D eigenvalue weighted by Crippen LogP contribution is 2.19. The van der Waals surface area contributed by atoms with E-state index in [-0.39, 0.29) is 5.91 Å². The standard InChI is InChI=1S/C13H16BrNO/c14-9-11-5-4-8-15(10-11)13(16)12-6-2-1-3-7-12/h1-3,6-7,11H,4-5,8-10H2. The number of alkyl halides is 1. The predicted molar refractivity (Wildman–Crippen MR) is 68.9 cm³/mol. The molecule has 1 aliphatic heterocycles. The number of carbonyl (C=O) groups is 1. The maximum atomic E-state index is 12.2. The number of carbonyl (C=O) groups excluding carboxylic acids is 1. The first kappa shape index (κ1) is 11.6. The van der Waals surface area contributed by atoms with Crippen LogP contribution in [0, 0.1) is 5.92 Å². The van der Waals surface area contributed by atoms with Gasteiger partial charge in [0.05, 0.1) is 0 Å². The summed E-state index contributed by atoms with van der Waals surface area (Å²) in [5.74, 6) is 0.785. The number of benzene rings is 1. The fourth-order valence-electron chi connectivity index (χ4n) is 2.14. The molecular formula is C13H16BrNO. The minimum atomic E-state index is 0.172. The second kappa shape index (κ2) is 5.48. The van der Waals surface area contributed by atoms with Crippen molar-refractivity contribution in [3.63, 3.8) is 0 Å². The third-order valence-corrected chi connectivity index (χ3v) is 3.96. The zero-order valence-electron chi connectivity index (χ0n) is 9.23. The third-order valence-electron chi connectivity index (χ3n) is 3.05. The average Bonchev–Trinajstić information content (AvgIpc) is 2.39. The van der Waals surface area contributed by atoms with Gasteiger partial charge in [0.15, 0.2) is 0 Å². The van der Waals surface area contributed by atoms with Crippen molar-refractivity contribution in [2.45, 2.75) is 12.8 Å². The number of nitrogens with zero attached hydrogens (tertiary/aromatic N) is 1. The van der Waals surface area contributed by atoms with Crippen LogP contribution in [-0.2, 0) is 0 Å². The van der Waals surface area contributed by atoms with Crippen LogP contribution in [-0.4, -0.2) is 29.2 Å². The molecule has 0 aliphatic carbocycles. The molecule has 1 heterocycles. The fourth-order valence-corrected chi connectivity index (χ4v) is 2.67. The first-order chi connectivity index (χ1) is 7.81. The van der Waals surface area contributed by atoms with Crippen molar-refractivity contribution < 1.29 is 4.79 Å². The topological polar surface area (TPSA) is 20.3 Å². The van der Waals surface area contributed by atoms with Gasteiger partial charge in [0, 0.05) is 24.0 Å². The molecule has 1 fully saturated rings. The highest BCUT2D eigenvalue weighted by atomic mass is 79.9. The molecule has 1 aliphatic rings. The molecule has 1 amide bonds. The van der Waals surface area contributed by atoms with Crippen LogP contribution < -0.4 is 0 Å². The van der Waals surface area contributed by atoms with E-state index >= 15 is 0 Å². The molecule has 86 valence electrons. The van der Waals surface area contributed by atoms with Gasteiger partial charge in [-0.25, -0.2) is 0 Å². The van der Waals surface area contributed by atoms with E-state index in [1.807, 2.05) is 35.2 Å². The second-order valence-electron chi connectivity index (χ2n) is 4.28. The van der Waals surface area contributed by atoms with Crippen molar-refractivity contribution in [3.8, 4) is 0 Å². The van der Waals surface area contributed by atoms with E-state index < -0.39 is 0 Å². The summed E-state index contributed by atoms with van der Waals surface area (Å²) in [6, 6.07) is 9.55. The molecule has 1 atom stereocenters. The van der Waals surface area contributed by atoms with Crippen molar-refractivity contribution in [2.24, 2.45) is 5.92 Å². The summed E-state index contributed by atoms with van der Waals surface area (Å²) in [5.41, 5.74) is 0.803. The molecule has 1 saturated heterocycles. The van der Waals surface area contributed by atoms with Crippen LogP contribution in [0.25, 0.3) is 0 Å². The normalized spacial score (nSPS) is 20.8. The Kier molecular flexibility index (Phi) is 3.99. The molecule has 2 rings (SSSR count). The van der Waals surface area contributed by atoms with Gasteiger partial charge in [-0.2, -0.15) is 0 Å². The maximum absolute atomic E-state index is 12.2.